The molecule has 0 unspecified atom stereocenters. The van der Waals surface area contributed by atoms with Crippen LogP contribution in [0, 0.1) is 0 Å². The van der Waals surface area contributed by atoms with E-state index in [-0.39, 0.29) is 12.5 Å². The molecule has 0 spiro atoms. The van der Waals surface area contributed by atoms with Crippen molar-refractivity contribution in [2.45, 2.75) is 6.54 Å². The molecule has 0 aliphatic carbocycles. The quantitative estimate of drug-likeness (QED) is 0.603. The number of amides is 1. The number of carbonyl (C=O) groups excluding carboxylic acids is 1. The van der Waals surface area contributed by atoms with E-state index in [0.29, 0.717) is 64.8 Å². The number of piperazine rings is 1. The number of morpholine rings is 1. The van der Waals surface area contributed by atoms with Gasteiger partial charge in [0.05, 0.1) is 26.9 Å². The largest absolute Gasteiger partial charge is 0.497 e. The van der Waals surface area contributed by atoms with Crippen LogP contribution in [-0.4, -0.2) is 106 Å². The second-order valence-corrected chi connectivity index (χ2v) is 9.32. The average molecular weight is 427 g/mol. The molecule has 0 saturated carbocycles. The van der Waals surface area contributed by atoms with E-state index in [4.69, 9.17) is 9.47 Å². The predicted octanol–water partition coefficient (Wildman–Crippen LogP) is -0.152. The average Bonchev–Trinajstić information content (AvgIpc) is 2.74. The Labute approximate surface area is 172 Å². The topological polar surface area (TPSA) is 82.6 Å². The van der Waals surface area contributed by atoms with Gasteiger partial charge in [0.2, 0.25) is 5.91 Å². The minimum atomic E-state index is -3.56. The molecule has 2 heterocycles. The maximum absolute atomic E-state index is 12.9. The van der Waals surface area contributed by atoms with Crippen molar-refractivity contribution in [3.05, 3.63) is 29.8 Å². The van der Waals surface area contributed by atoms with Crippen molar-refractivity contribution in [3.63, 3.8) is 0 Å². The van der Waals surface area contributed by atoms with Crippen molar-refractivity contribution in [2.75, 3.05) is 73.2 Å². The Hall–Kier alpha value is -1.72. The molecule has 0 atom stereocenters. The molecular formula is C19H30N4O5S. The van der Waals surface area contributed by atoms with Crippen LogP contribution < -0.4 is 4.74 Å². The van der Waals surface area contributed by atoms with Gasteiger partial charge in [0.15, 0.2) is 0 Å². The summed E-state index contributed by atoms with van der Waals surface area (Å²) in [5.41, 5.74) is 0.866. The van der Waals surface area contributed by atoms with Crippen LogP contribution in [0.15, 0.2) is 24.3 Å². The van der Waals surface area contributed by atoms with E-state index in [9.17, 15) is 13.2 Å². The summed E-state index contributed by atoms with van der Waals surface area (Å²) in [6.07, 6.45) is 0. The number of hydrogen-bond donors (Lipinski definition) is 0. The van der Waals surface area contributed by atoms with Gasteiger partial charge in [-0.25, -0.2) is 0 Å². The molecule has 9 nitrogen and oxygen atoms in total. The molecule has 1 aromatic carbocycles. The van der Waals surface area contributed by atoms with Gasteiger partial charge in [0.1, 0.15) is 5.75 Å². The third-order valence-electron chi connectivity index (χ3n) is 5.31. The summed E-state index contributed by atoms with van der Waals surface area (Å²) >= 11 is 0. The normalized spacial score (nSPS) is 19.5. The first kappa shape index (κ1) is 22.0. The summed E-state index contributed by atoms with van der Waals surface area (Å²) in [5, 5.41) is 0. The summed E-state index contributed by atoms with van der Waals surface area (Å²) in [7, 11) is -0.392. The zero-order valence-electron chi connectivity index (χ0n) is 17.1. The van der Waals surface area contributed by atoms with Gasteiger partial charge < -0.3 is 14.4 Å². The molecule has 2 aliphatic heterocycles. The lowest BCUT2D eigenvalue weighted by atomic mass is 10.2. The van der Waals surface area contributed by atoms with Crippen LogP contribution >= 0.6 is 0 Å². The van der Waals surface area contributed by atoms with Crippen molar-refractivity contribution in [1.29, 1.82) is 0 Å². The molecule has 2 fully saturated rings. The number of carbonyl (C=O) groups is 1. The Balaban J connectivity index is 1.51. The number of nitrogens with zero attached hydrogens (tertiary/aromatic N) is 4. The molecule has 0 N–H and O–H groups in total. The van der Waals surface area contributed by atoms with Crippen LogP contribution in [0.1, 0.15) is 5.56 Å². The van der Waals surface area contributed by atoms with E-state index < -0.39 is 10.2 Å². The Morgan fingerprint density at radius 2 is 1.83 bits per heavy atom. The highest BCUT2D eigenvalue weighted by molar-refractivity contribution is 7.86. The lowest BCUT2D eigenvalue weighted by Gasteiger charge is -2.36. The van der Waals surface area contributed by atoms with Crippen LogP contribution in [0.4, 0.5) is 0 Å². The first-order chi connectivity index (χ1) is 13.9. The molecule has 29 heavy (non-hydrogen) atoms. The first-order valence-electron chi connectivity index (χ1n) is 9.82. The summed E-state index contributed by atoms with van der Waals surface area (Å²) in [6, 6.07) is 7.39. The zero-order chi connectivity index (χ0) is 20.9. The summed E-state index contributed by atoms with van der Waals surface area (Å²) in [4.78, 5) is 16.2. The van der Waals surface area contributed by atoms with Gasteiger partial charge >= 0.3 is 0 Å². The number of methoxy groups -OCH3 is 1. The third-order valence-corrected chi connectivity index (χ3v) is 7.25. The maximum Gasteiger partial charge on any atom is 0.282 e. The Morgan fingerprint density at radius 1 is 1.14 bits per heavy atom. The summed E-state index contributed by atoms with van der Waals surface area (Å²) in [5.74, 6) is 0.784. The lowest BCUT2D eigenvalue weighted by molar-refractivity contribution is -0.136. The lowest BCUT2D eigenvalue weighted by Crippen LogP contribution is -2.54. The Bertz CT molecular complexity index is 790. The van der Waals surface area contributed by atoms with Crippen molar-refractivity contribution in [2.24, 2.45) is 0 Å². The SMILES string of the molecule is COc1cccc(CN(C)S(=O)(=O)N2CCN(CC(=O)N3CCOCC3)CC2)c1. The molecule has 0 bridgehead atoms. The minimum absolute atomic E-state index is 0.0831. The predicted molar refractivity (Wildman–Crippen MR) is 109 cm³/mol. The minimum Gasteiger partial charge on any atom is -0.497 e. The Morgan fingerprint density at radius 3 is 2.48 bits per heavy atom. The van der Waals surface area contributed by atoms with E-state index in [2.05, 4.69) is 0 Å². The molecule has 0 aromatic heterocycles. The fourth-order valence-corrected chi connectivity index (χ4v) is 4.86. The van der Waals surface area contributed by atoms with Gasteiger partial charge in [0.25, 0.3) is 10.2 Å². The molecule has 1 amide bonds. The highest BCUT2D eigenvalue weighted by Crippen LogP contribution is 2.17. The molecule has 0 radical (unpaired) electrons. The maximum atomic E-state index is 12.9. The van der Waals surface area contributed by atoms with Crippen LogP contribution in [-0.2, 0) is 26.3 Å². The fraction of sp³-hybridized carbons (Fsp3) is 0.632. The second kappa shape index (κ2) is 9.86. The zero-order valence-corrected chi connectivity index (χ0v) is 17.9. The number of rotatable bonds is 7. The van der Waals surface area contributed by atoms with Gasteiger partial charge in [0, 0.05) is 52.9 Å². The van der Waals surface area contributed by atoms with E-state index >= 15 is 0 Å². The number of benzene rings is 1. The molecule has 3 rings (SSSR count). The van der Waals surface area contributed by atoms with E-state index in [0.717, 1.165) is 5.56 Å². The molecule has 10 heteroatoms. The van der Waals surface area contributed by atoms with E-state index in [1.807, 2.05) is 34.1 Å². The van der Waals surface area contributed by atoms with Crippen molar-refractivity contribution < 1.29 is 22.7 Å². The summed E-state index contributed by atoms with van der Waals surface area (Å²) < 4.78 is 39.2. The summed E-state index contributed by atoms with van der Waals surface area (Å²) in [6.45, 7) is 4.86. The van der Waals surface area contributed by atoms with Crippen molar-refractivity contribution >= 4 is 16.1 Å². The molecule has 2 aliphatic rings. The van der Waals surface area contributed by atoms with Crippen LogP contribution in [0.5, 0.6) is 5.75 Å². The van der Waals surface area contributed by atoms with Gasteiger partial charge in [-0.2, -0.15) is 17.0 Å². The molecule has 162 valence electrons. The third kappa shape index (κ3) is 5.67. The number of ether oxygens (including phenoxy) is 2. The molecular weight excluding hydrogens is 396 g/mol. The molecule has 1 aromatic rings. The van der Waals surface area contributed by atoms with Gasteiger partial charge in [-0.3, -0.25) is 9.69 Å². The van der Waals surface area contributed by atoms with Crippen molar-refractivity contribution in [1.82, 2.24) is 18.4 Å². The highest BCUT2D eigenvalue weighted by atomic mass is 32.2. The van der Waals surface area contributed by atoms with Crippen LogP contribution in [0.3, 0.4) is 0 Å². The smallest absolute Gasteiger partial charge is 0.282 e. The highest BCUT2D eigenvalue weighted by Gasteiger charge is 2.31. The fourth-order valence-electron chi connectivity index (χ4n) is 3.53. The van der Waals surface area contributed by atoms with E-state index in [1.54, 1.807) is 14.2 Å². The second-order valence-electron chi connectivity index (χ2n) is 7.28. The Kier molecular flexibility index (Phi) is 7.47. The van der Waals surface area contributed by atoms with Gasteiger partial charge in [-0.05, 0) is 17.7 Å². The van der Waals surface area contributed by atoms with Gasteiger partial charge in [-0.1, -0.05) is 12.1 Å². The van der Waals surface area contributed by atoms with Crippen molar-refractivity contribution in [3.8, 4) is 5.75 Å². The van der Waals surface area contributed by atoms with E-state index in [1.165, 1.54) is 8.61 Å². The standard InChI is InChI=1S/C19H30N4O5S/c1-20(15-17-4-3-5-18(14-17)27-2)29(25,26)23-8-6-21(7-9-23)16-19(24)22-10-12-28-13-11-22/h3-5,14H,6-13,15-16H2,1-2H3. The van der Waals surface area contributed by atoms with Crippen LogP contribution in [0.2, 0.25) is 0 Å². The van der Waals surface area contributed by atoms with Gasteiger partial charge in [-0.15, -0.1) is 0 Å². The van der Waals surface area contributed by atoms with Crippen LogP contribution in [0.25, 0.3) is 0 Å². The monoisotopic (exact) mass is 426 g/mol. The number of hydrogen-bond acceptors (Lipinski definition) is 6. The molecule has 2 saturated heterocycles. The first-order valence-corrected chi connectivity index (χ1v) is 11.2.